The summed E-state index contributed by atoms with van der Waals surface area (Å²) < 4.78 is 22.4. The normalized spacial score (nSPS) is 11.4. The molecule has 0 atom stereocenters. The van der Waals surface area contributed by atoms with E-state index in [0.717, 1.165) is 11.4 Å². The van der Waals surface area contributed by atoms with E-state index >= 15 is 0 Å². The Morgan fingerprint density at radius 3 is 2.53 bits per heavy atom. The second-order valence-corrected chi connectivity index (χ2v) is 6.97. The van der Waals surface area contributed by atoms with Gasteiger partial charge in [0.05, 0.1) is 22.7 Å². The van der Waals surface area contributed by atoms with E-state index in [1.807, 2.05) is 13.0 Å². The lowest BCUT2D eigenvalue weighted by Gasteiger charge is -2.23. The predicted molar refractivity (Wildman–Crippen MR) is 77.7 cm³/mol. The molecule has 0 unspecified atom stereocenters. The highest BCUT2D eigenvalue weighted by atomic mass is 32.2. The molecule has 19 heavy (non-hydrogen) atoms. The first-order valence-corrected chi connectivity index (χ1v) is 7.89. The summed E-state index contributed by atoms with van der Waals surface area (Å²) in [4.78, 5) is 6.07. The number of nitrogens with zero attached hydrogens (tertiary/aromatic N) is 2. The molecule has 0 aromatic carbocycles. The van der Waals surface area contributed by atoms with Crippen LogP contribution in [0, 0.1) is 19.3 Å². The number of nitrogen functional groups attached to an aromatic ring is 1. The van der Waals surface area contributed by atoms with Crippen LogP contribution in [0.2, 0.25) is 0 Å². The Morgan fingerprint density at radius 1 is 1.47 bits per heavy atom. The van der Waals surface area contributed by atoms with Gasteiger partial charge >= 0.3 is 0 Å². The maximum Gasteiger partial charge on any atom is 0.149 e. The van der Waals surface area contributed by atoms with Crippen LogP contribution in [0.1, 0.15) is 17.0 Å². The molecule has 0 radical (unpaired) electrons. The fraction of sp³-hybridized carbons (Fsp3) is 0.500. The summed E-state index contributed by atoms with van der Waals surface area (Å²) in [5.74, 6) is -0.00689. The number of hydrogen-bond acceptors (Lipinski definition) is 5. The molecule has 0 bridgehead atoms. The molecule has 0 spiro atoms. The van der Waals surface area contributed by atoms with Gasteiger partial charge in [-0.2, -0.15) is 0 Å². The summed E-state index contributed by atoms with van der Waals surface area (Å²) in [7, 11) is -1.24. The van der Waals surface area contributed by atoms with E-state index in [0.29, 0.717) is 17.8 Å². The van der Waals surface area contributed by atoms with Crippen LogP contribution in [0.5, 0.6) is 0 Å². The van der Waals surface area contributed by atoms with Crippen molar-refractivity contribution in [3.8, 4) is 0 Å². The molecule has 0 aliphatic heterocycles. The van der Waals surface area contributed by atoms with E-state index in [-0.39, 0.29) is 11.6 Å². The van der Waals surface area contributed by atoms with Gasteiger partial charge in [0.25, 0.3) is 0 Å². The van der Waals surface area contributed by atoms with Gasteiger partial charge in [-0.15, -0.1) is 0 Å². The predicted octanol–water partition coefficient (Wildman–Crippen LogP) is 0.463. The summed E-state index contributed by atoms with van der Waals surface area (Å²) in [6.07, 6.45) is 1.20. The van der Waals surface area contributed by atoms with Crippen LogP contribution in [0.15, 0.2) is 6.07 Å². The average Bonchev–Trinajstić information content (AvgIpc) is 2.22. The van der Waals surface area contributed by atoms with Crippen LogP contribution in [-0.4, -0.2) is 44.8 Å². The summed E-state index contributed by atoms with van der Waals surface area (Å²) in [6, 6.07) is 1.81. The smallest absolute Gasteiger partial charge is 0.149 e. The number of pyridine rings is 1. The summed E-state index contributed by atoms with van der Waals surface area (Å²) in [5.41, 5.74) is 8.36. The SMILES string of the molecule is Cc1cc(N(C)CCS(C)(=O)=O)c(C(=N)N)c(C)n1. The zero-order valence-corrected chi connectivity index (χ0v) is 12.5. The van der Waals surface area contributed by atoms with Crippen LogP contribution >= 0.6 is 0 Å². The second kappa shape index (κ2) is 5.56. The van der Waals surface area contributed by atoms with Gasteiger partial charge in [0, 0.05) is 25.5 Å². The quantitative estimate of drug-likeness (QED) is 0.604. The molecule has 106 valence electrons. The van der Waals surface area contributed by atoms with Crippen molar-refractivity contribution in [3.05, 3.63) is 23.0 Å². The fourth-order valence-corrected chi connectivity index (χ4v) is 2.47. The van der Waals surface area contributed by atoms with E-state index in [1.165, 1.54) is 6.26 Å². The molecule has 0 saturated heterocycles. The Balaban J connectivity index is 3.14. The molecule has 0 aliphatic carbocycles. The van der Waals surface area contributed by atoms with Crippen molar-refractivity contribution in [2.45, 2.75) is 13.8 Å². The average molecular weight is 284 g/mol. The van der Waals surface area contributed by atoms with Gasteiger partial charge in [0.15, 0.2) is 0 Å². The highest BCUT2D eigenvalue weighted by Gasteiger charge is 2.15. The van der Waals surface area contributed by atoms with E-state index in [2.05, 4.69) is 4.98 Å². The number of hydrogen-bond donors (Lipinski definition) is 2. The minimum Gasteiger partial charge on any atom is -0.384 e. The summed E-state index contributed by atoms with van der Waals surface area (Å²) >= 11 is 0. The lowest BCUT2D eigenvalue weighted by molar-refractivity contribution is 0.601. The topological polar surface area (TPSA) is 100 Å². The van der Waals surface area contributed by atoms with Gasteiger partial charge in [0.1, 0.15) is 15.7 Å². The molecule has 0 aliphatic rings. The highest BCUT2D eigenvalue weighted by Crippen LogP contribution is 2.22. The largest absolute Gasteiger partial charge is 0.384 e. The van der Waals surface area contributed by atoms with Crippen molar-refractivity contribution in [2.24, 2.45) is 5.73 Å². The molecule has 0 fully saturated rings. The molecule has 0 amide bonds. The van der Waals surface area contributed by atoms with Crippen LogP contribution in [0.3, 0.4) is 0 Å². The van der Waals surface area contributed by atoms with Crippen molar-refractivity contribution in [3.63, 3.8) is 0 Å². The molecule has 6 nitrogen and oxygen atoms in total. The molecule has 7 heteroatoms. The third kappa shape index (κ3) is 4.20. The summed E-state index contributed by atoms with van der Waals surface area (Å²) in [5, 5.41) is 7.63. The first kappa shape index (κ1) is 15.4. The van der Waals surface area contributed by atoms with Gasteiger partial charge in [-0.1, -0.05) is 0 Å². The molecule has 1 aromatic heterocycles. The van der Waals surface area contributed by atoms with Gasteiger partial charge < -0.3 is 10.6 Å². The van der Waals surface area contributed by atoms with Crippen molar-refractivity contribution in [2.75, 3.05) is 30.5 Å². The monoisotopic (exact) mass is 284 g/mol. The molecule has 1 heterocycles. The maximum atomic E-state index is 11.2. The van der Waals surface area contributed by atoms with Crippen molar-refractivity contribution in [1.82, 2.24) is 4.98 Å². The molecular formula is C12H20N4O2S. The minimum absolute atomic E-state index is 0.0568. The third-order valence-electron chi connectivity index (χ3n) is 2.79. The molecule has 0 saturated carbocycles. The van der Waals surface area contributed by atoms with Gasteiger partial charge in [-0.05, 0) is 19.9 Å². The number of nitrogens with two attached hydrogens (primary N) is 1. The van der Waals surface area contributed by atoms with Crippen LogP contribution in [0.25, 0.3) is 0 Å². The standard InChI is InChI=1S/C12H20N4O2S/c1-8-7-10(11(12(13)14)9(2)15-8)16(3)5-6-19(4,17)18/h7H,5-6H2,1-4H3,(H3,13,14). The van der Waals surface area contributed by atoms with Gasteiger partial charge in [-0.3, -0.25) is 10.4 Å². The van der Waals surface area contributed by atoms with Crippen molar-refractivity contribution in [1.29, 1.82) is 5.41 Å². The first-order valence-electron chi connectivity index (χ1n) is 5.83. The van der Waals surface area contributed by atoms with E-state index in [9.17, 15) is 8.42 Å². The van der Waals surface area contributed by atoms with E-state index < -0.39 is 9.84 Å². The van der Waals surface area contributed by atoms with Gasteiger partial charge in [0.2, 0.25) is 0 Å². The summed E-state index contributed by atoms with van der Waals surface area (Å²) in [6.45, 7) is 3.99. The first-order chi connectivity index (χ1) is 8.61. The van der Waals surface area contributed by atoms with Crippen molar-refractivity contribution >= 4 is 21.4 Å². The number of nitrogens with one attached hydrogen (secondary N) is 1. The minimum atomic E-state index is -3.02. The number of sulfone groups is 1. The second-order valence-electron chi connectivity index (χ2n) is 4.71. The Morgan fingerprint density at radius 2 is 2.05 bits per heavy atom. The van der Waals surface area contributed by atoms with Crippen LogP contribution < -0.4 is 10.6 Å². The fourth-order valence-electron chi connectivity index (χ4n) is 1.87. The Labute approximate surface area is 114 Å². The molecule has 1 aromatic rings. The lowest BCUT2D eigenvalue weighted by Crippen LogP contribution is -2.28. The highest BCUT2D eigenvalue weighted by molar-refractivity contribution is 7.90. The van der Waals surface area contributed by atoms with Crippen LogP contribution in [-0.2, 0) is 9.84 Å². The number of aromatic nitrogens is 1. The zero-order chi connectivity index (χ0) is 14.8. The van der Waals surface area contributed by atoms with Crippen molar-refractivity contribution < 1.29 is 8.42 Å². The Hall–Kier alpha value is -1.63. The zero-order valence-electron chi connectivity index (χ0n) is 11.7. The van der Waals surface area contributed by atoms with Gasteiger partial charge in [-0.25, -0.2) is 8.42 Å². The Bertz CT molecular complexity index is 596. The van der Waals surface area contributed by atoms with E-state index in [4.69, 9.17) is 11.1 Å². The lowest BCUT2D eigenvalue weighted by atomic mass is 10.1. The number of amidine groups is 1. The number of aryl methyl sites for hydroxylation is 2. The maximum absolute atomic E-state index is 11.2. The van der Waals surface area contributed by atoms with E-state index in [1.54, 1.807) is 18.9 Å². The Kier molecular flexibility index (Phi) is 4.52. The third-order valence-corrected chi connectivity index (χ3v) is 3.71. The molecule has 1 rings (SSSR count). The number of anilines is 1. The molecule has 3 N–H and O–H groups in total. The number of rotatable bonds is 5. The van der Waals surface area contributed by atoms with Crippen LogP contribution in [0.4, 0.5) is 5.69 Å². The molecular weight excluding hydrogens is 264 g/mol.